The molecule has 1 aromatic carbocycles. The van der Waals surface area contributed by atoms with E-state index in [4.69, 9.17) is 16.3 Å². The Kier molecular flexibility index (Phi) is 4.25. The summed E-state index contributed by atoms with van der Waals surface area (Å²) in [6, 6.07) is 5.32. The molecular formula is C15H15ClN2O2. The highest BCUT2D eigenvalue weighted by Gasteiger charge is 2.14. The molecule has 104 valence electrons. The number of ether oxygens (including phenoxy) is 1. The van der Waals surface area contributed by atoms with Crippen molar-refractivity contribution in [2.24, 2.45) is 0 Å². The number of rotatable bonds is 3. The number of methoxy groups -OCH3 is 1. The first-order valence-corrected chi connectivity index (χ1v) is 6.47. The first-order chi connectivity index (χ1) is 9.54. The van der Waals surface area contributed by atoms with Crippen LogP contribution in [0.5, 0.6) is 5.75 Å². The van der Waals surface area contributed by atoms with Gasteiger partial charge in [0.25, 0.3) is 5.91 Å². The lowest BCUT2D eigenvalue weighted by Crippen LogP contribution is -2.14. The maximum absolute atomic E-state index is 12.2. The lowest BCUT2D eigenvalue weighted by molar-refractivity contribution is 0.102. The maximum atomic E-state index is 12.2. The van der Waals surface area contributed by atoms with Crippen molar-refractivity contribution in [3.05, 3.63) is 52.3 Å². The molecule has 0 aliphatic heterocycles. The molecule has 0 saturated heterocycles. The van der Waals surface area contributed by atoms with Gasteiger partial charge in [0, 0.05) is 23.6 Å². The van der Waals surface area contributed by atoms with Crippen molar-refractivity contribution in [1.82, 2.24) is 4.98 Å². The van der Waals surface area contributed by atoms with Gasteiger partial charge in [-0.2, -0.15) is 0 Å². The molecule has 0 fully saturated rings. The topological polar surface area (TPSA) is 51.2 Å². The van der Waals surface area contributed by atoms with Crippen LogP contribution in [0, 0.1) is 13.8 Å². The molecular weight excluding hydrogens is 276 g/mol. The molecule has 4 nitrogen and oxygen atoms in total. The normalized spacial score (nSPS) is 10.2. The SMILES string of the molecule is COc1c(C)ccc(NC(=O)c2cnccc2Cl)c1C. The average Bonchev–Trinajstić information content (AvgIpc) is 2.43. The molecule has 2 aromatic rings. The minimum atomic E-state index is -0.294. The lowest BCUT2D eigenvalue weighted by Gasteiger charge is -2.14. The number of carbonyl (C=O) groups excluding carboxylic acids is 1. The van der Waals surface area contributed by atoms with Crippen LogP contribution in [0.2, 0.25) is 5.02 Å². The molecule has 0 unspecified atom stereocenters. The van der Waals surface area contributed by atoms with E-state index in [0.717, 1.165) is 16.9 Å². The minimum Gasteiger partial charge on any atom is -0.496 e. The molecule has 5 heteroatoms. The number of nitrogens with one attached hydrogen (secondary N) is 1. The predicted molar refractivity (Wildman–Crippen MR) is 79.7 cm³/mol. The number of aromatic nitrogens is 1. The van der Waals surface area contributed by atoms with Gasteiger partial charge in [-0.3, -0.25) is 9.78 Å². The number of pyridine rings is 1. The van der Waals surface area contributed by atoms with E-state index in [1.54, 1.807) is 19.4 Å². The summed E-state index contributed by atoms with van der Waals surface area (Å²) in [6.45, 7) is 3.85. The van der Waals surface area contributed by atoms with Gasteiger partial charge in [0.05, 0.1) is 17.7 Å². The van der Waals surface area contributed by atoms with E-state index in [2.05, 4.69) is 10.3 Å². The molecule has 1 amide bonds. The van der Waals surface area contributed by atoms with Crippen LogP contribution in [-0.4, -0.2) is 18.0 Å². The van der Waals surface area contributed by atoms with Crippen molar-refractivity contribution in [1.29, 1.82) is 0 Å². The van der Waals surface area contributed by atoms with Crippen molar-refractivity contribution in [2.75, 3.05) is 12.4 Å². The summed E-state index contributed by atoms with van der Waals surface area (Å²) in [5.74, 6) is 0.470. The summed E-state index contributed by atoms with van der Waals surface area (Å²) in [4.78, 5) is 16.1. The highest BCUT2D eigenvalue weighted by molar-refractivity contribution is 6.34. The predicted octanol–water partition coefficient (Wildman–Crippen LogP) is 3.61. The summed E-state index contributed by atoms with van der Waals surface area (Å²) >= 11 is 5.98. The van der Waals surface area contributed by atoms with E-state index >= 15 is 0 Å². The second-order valence-corrected chi connectivity index (χ2v) is 4.81. The quantitative estimate of drug-likeness (QED) is 0.939. The Morgan fingerprint density at radius 3 is 2.70 bits per heavy atom. The van der Waals surface area contributed by atoms with Gasteiger partial charge in [0.1, 0.15) is 5.75 Å². The number of amides is 1. The van der Waals surface area contributed by atoms with Crippen molar-refractivity contribution in [3.63, 3.8) is 0 Å². The summed E-state index contributed by atoms with van der Waals surface area (Å²) in [5.41, 5.74) is 2.92. The zero-order chi connectivity index (χ0) is 14.7. The molecule has 2 rings (SSSR count). The number of anilines is 1. The Labute approximate surface area is 122 Å². The summed E-state index contributed by atoms with van der Waals surface area (Å²) in [5, 5.41) is 3.20. The monoisotopic (exact) mass is 290 g/mol. The van der Waals surface area contributed by atoms with Crippen LogP contribution >= 0.6 is 11.6 Å². The van der Waals surface area contributed by atoms with Gasteiger partial charge in [0.2, 0.25) is 0 Å². The minimum absolute atomic E-state index is 0.294. The summed E-state index contributed by atoms with van der Waals surface area (Å²) in [6.07, 6.45) is 2.98. The zero-order valence-electron chi connectivity index (χ0n) is 11.5. The van der Waals surface area contributed by atoms with Gasteiger partial charge < -0.3 is 10.1 Å². The van der Waals surface area contributed by atoms with E-state index in [1.807, 2.05) is 26.0 Å². The van der Waals surface area contributed by atoms with E-state index in [-0.39, 0.29) is 5.91 Å². The number of aryl methyl sites for hydroxylation is 1. The smallest absolute Gasteiger partial charge is 0.258 e. The molecule has 1 N–H and O–H groups in total. The molecule has 0 aliphatic rings. The standard InChI is InChI=1S/C15H15ClN2O2/c1-9-4-5-13(10(2)14(9)20-3)18-15(19)11-8-17-7-6-12(11)16/h4-8H,1-3H3,(H,18,19). The lowest BCUT2D eigenvalue weighted by atomic mass is 10.1. The molecule has 0 bridgehead atoms. The van der Waals surface area contributed by atoms with Crippen LogP contribution in [0.25, 0.3) is 0 Å². The molecule has 1 aromatic heterocycles. The van der Waals surface area contributed by atoms with E-state index < -0.39 is 0 Å². The highest BCUT2D eigenvalue weighted by atomic mass is 35.5. The molecule has 0 radical (unpaired) electrons. The zero-order valence-corrected chi connectivity index (χ0v) is 12.3. The van der Waals surface area contributed by atoms with Crippen LogP contribution in [-0.2, 0) is 0 Å². The number of carbonyl (C=O) groups is 1. The van der Waals surface area contributed by atoms with Crippen LogP contribution in [0.1, 0.15) is 21.5 Å². The third-order valence-electron chi connectivity index (χ3n) is 3.07. The fraction of sp³-hybridized carbons (Fsp3) is 0.200. The second kappa shape index (κ2) is 5.92. The van der Waals surface area contributed by atoms with Gasteiger partial charge in [0.15, 0.2) is 0 Å². The number of nitrogens with zero attached hydrogens (tertiary/aromatic N) is 1. The number of halogens is 1. The highest BCUT2D eigenvalue weighted by Crippen LogP contribution is 2.29. The first-order valence-electron chi connectivity index (χ1n) is 6.09. The first kappa shape index (κ1) is 14.3. The second-order valence-electron chi connectivity index (χ2n) is 4.40. The maximum Gasteiger partial charge on any atom is 0.258 e. The Morgan fingerprint density at radius 2 is 2.05 bits per heavy atom. The summed E-state index contributed by atoms with van der Waals surface area (Å²) in [7, 11) is 1.61. The molecule has 0 spiro atoms. The molecule has 0 aliphatic carbocycles. The van der Waals surface area contributed by atoms with Crippen LogP contribution < -0.4 is 10.1 Å². The number of hydrogen-bond acceptors (Lipinski definition) is 3. The number of benzene rings is 1. The largest absolute Gasteiger partial charge is 0.496 e. The fourth-order valence-corrected chi connectivity index (χ4v) is 2.20. The Bertz CT molecular complexity index is 656. The van der Waals surface area contributed by atoms with Gasteiger partial charge in [-0.05, 0) is 31.5 Å². The molecule has 20 heavy (non-hydrogen) atoms. The molecule has 0 saturated carbocycles. The van der Waals surface area contributed by atoms with E-state index in [9.17, 15) is 4.79 Å². The fourth-order valence-electron chi connectivity index (χ4n) is 2.01. The Morgan fingerprint density at radius 1 is 1.30 bits per heavy atom. The van der Waals surface area contributed by atoms with Crippen molar-refractivity contribution in [2.45, 2.75) is 13.8 Å². The number of hydrogen-bond donors (Lipinski definition) is 1. The van der Waals surface area contributed by atoms with Crippen LogP contribution in [0.4, 0.5) is 5.69 Å². The van der Waals surface area contributed by atoms with Gasteiger partial charge in [-0.25, -0.2) is 0 Å². The third kappa shape index (κ3) is 2.75. The van der Waals surface area contributed by atoms with Gasteiger partial charge >= 0.3 is 0 Å². The molecule has 0 atom stereocenters. The molecule has 1 heterocycles. The Balaban J connectivity index is 2.32. The van der Waals surface area contributed by atoms with E-state index in [0.29, 0.717) is 16.3 Å². The Hall–Kier alpha value is -2.07. The van der Waals surface area contributed by atoms with E-state index in [1.165, 1.54) is 6.20 Å². The third-order valence-corrected chi connectivity index (χ3v) is 3.40. The van der Waals surface area contributed by atoms with Crippen LogP contribution in [0.3, 0.4) is 0 Å². The summed E-state index contributed by atoms with van der Waals surface area (Å²) < 4.78 is 5.34. The van der Waals surface area contributed by atoms with Crippen LogP contribution in [0.15, 0.2) is 30.6 Å². The van der Waals surface area contributed by atoms with Gasteiger partial charge in [-0.15, -0.1) is 0 Å². The van der Waals surface area contributed by atoms with Crippen molar-refractivity contribution in [3.8, 4) is 5.75 Å². The average molecular weight is 291 g/mol. The van der Waals surface area contributed by atoms with Crippen molar-refractivity contribution < 1.29 is 9.53 Å². The van der Waals surface area contributed by atoms with Gasteiger partial charge in [-0.1, -0.05) is 17.7 Å². The van der Waals surface area contributed by atoms with Crippen molar-refractivity contribution >= 4 is 23.2 Å².